The Kier molecular flexibility index (Phi) is 3.36. The lowest BCUT2D eigenvalue weighted by molar-refractivity contribution is 0.0514. The predicted octanol–water partition coefficient (Wildman–Crippen LogP) is 2.17. The summed E-state index contributed by atoms with van der Waals surface area (Å²) >= 11 is 1.55. The molecule has 0 radical (unpaired) electrons. The van der Waals surface area contributed by atoms with E-state index in [9.17, 15) is 4.79 Å². The average molecular weight is 236 g/mol. The Hall–Kier alpha value is -1.62. The summed E-state index contributed by atoms with van der Waals surface area (Å²) in [6.07, 6.45) is 1.85. The zero-order valence-corrected chi connectivity index (χ0v) is 9.74. The van der Waals surface area contributed by atoms with E-state index in [4.69, 9.17) is 4.74 Å². The molecule has 2 aromatic heterocycles. The van der Waals surface area contributed by atoms with Crippen molar-refractivity contribution in [3.05, 3.63) is 40.6 Å². The van der Waals surface area contributed by atoms with Gasteiger partial charge < -0.3 is 9.30 Å². The normalized spacial score (nSPS) is 10.3. The Balaban J connectivity index is 2.16. The van der Waals surface area contributed by atoms with E-state index in [2.05, 4.69) is 4.98 Å². The van der Waals surface area contributed by atoms with E-state index in [-0.39, 0.29) is 5.97 Å². The van der Waals surface area contributed by atoms with Crippen LogP contribution in [0.4, 0.5) is 0 Å². The molecule has 2 rings (SSSR count). The molecule has 0 amide bonds. The lowest BCUT2D eigenvalue weighted by Gasteiger charge is -2.06. The van der Waals surface area contributed by atoms with Crippen LogP contribution in [0.5, 0.6) is 0 Å². The molecule has 2 aromatic rings. The van der Waals surface area contributed by atoms with Crippen molar-refractivity contribution in [2.75, 3.05) is 6.61 Å². The SMILES string of the molecule is CCOC(=O)c1cccn1Cc1cscn1. The second kappa shape index (κ2) is 4.94. The molecular weight excluding hydrogens is 224 g/mol. The van der Waals surface area contributed by atoms with Crippen LogP contribution in [0.15, 0.2) is 29.2 Å². The van der Waals surface area contributed by atoms with Gasteiger partial charge in [0.15, 0.2) is 0 Å². The first-order chi connectivity index (χ1) is 7.81. The average Bonchev–Trinajstić information content (AvgIpc) is 2.90. The quantitative estimate of drug-likeness (QED) is 0.764. The van der Waals surface area contributed by atoms with Crippen molar-refractivity contribution < 1.29 is 9.53 Å². The molecule has 16 heavy (non-hydrogen) atoms. The Morgan fingerprint density at radius 3 is 3.19 bits per heavy atom. The number of rotatable bonds is 4. The van der Waals surface area contributed by atoms with Crippen LogP contribution in [0.2, 0.25) is 0 Å². The van der Waals surface area contributed by atoms with Gasteiger partial charge in [-0.2, -0.15) is 0 Å². The molecule has 0 fully saturated rings. The smallest absolute Gasteiger partial charge is 0.354 e. The summed E-state index contributed by atoms with van der Waals surface area (Å²) in [4.78, 5) is 15.8. The third kappa shape index (κ3) is 2.30. The molecule has 0 aliphatic heterocycles. The molecule has 0 unspecified atom stereocenters. The van der Waals surface area contributed by atoms with E-state index >= 15 is 0 Å². The monoisotopic (exact) mass is 236 g/mol. The van der Waals surface area contributed by atoms with E-state index in [0.29, 0.717) is 18.8 Å². The molecule has 5 heteroatoms. The van der Waals surface area contributed by atoms with Crippen LogP contribution >= 0.6 is 11.3 Å². The summed E-state index contributed by atoms with van der Waals surface area (Å²) in [6.45, 7) is 2.79. The molecule has 84 valence electrons. The predicted molar refractivity (Wildman–Crippen MR) is 61.6 cm³/mol. The molecule has 0 aliphatic carbocycles. The highest BCUT2D eigenvalue weighted by Gasteiger charge is 2.11. The highest BCUT2D eigenvalue weighted by Crippen LogP contribution is 2.09. The highest BCUT2D eigenvalue weighted by molar-refractivity contribution is 7.07. The summed E-state index contributed by atoms with van der Waals surface area (Å²) in [5.41, 5.74) is 3.30. The van der Waals surface area contributed by atoms with Crippen LogP contribution in [-0.4, -0.2) is 22.1 Å². The van der Waals surface area contributed by atoms with Gasteiger partial charge in [0.1, 0.15) is 5.69 Å². The fourth-order valence-electron chi connectivity index (χ4n) is 1.43. The van der Waals surface area contributed by atoms with E-state index in [0.717, 1.165) is 5.69 Å². The third-order valence-corrected chi connectivity index (χ3v) is 2.77. The Bertz CT molecular complexity index is 462. The number of thiazole rings is 1. The lowest BCUT2D eigenvalue weighted by Crippen LogP contribution is -2.12. The van der Waals surface area contributed by atoms with Gasteiger partial charge in [0.05, 0.1) is 24.4 Å². The van der Waals surface area contributed by atoms with Crippen molar-refractivity contribution in [1.82, 2.24) is 9.55 Å². The number of carbonyl (C=O) groups is 1. The number of hydrogen-bond donors (Lipinski definition) is 0. The number of hydrogen-bond acceptors (Lipinski definition) is 4. The van der Waals surface area contributed by atoms with Crippen molar-refractivity contribution >= 4 is 17.3 Å². The first-order valence-electron chi connectivity index (χ1n) is 5.00. The van der Waals surface area contributed by atoms with Crippen molar-refractivity contribution in [3.63, 3.8) is 0 Å². The van der Waals surface area contributed by atoms with Crippen LogP contribution in [0.25, 0.3) is 0 Å². The minimum Gasteiger partial charge on any atom is -0.461 e. The van der Waals surface area contributed by atoms with Gasteiger partial charge in [0, 0.05) is 11.6 Å². The first kappa shape index (κ1) is 10.9. The third-order valence-electron chi connectivity index (χ3n) is 2.13. The second-order valence-electron chi connectivity index (χ2n) is 3.22. The molecular formula is C11H12N2O2S. The Labute approximate surface area is 97.5 Å². The van der Waals surface area contributed by atoms with Crippen LogP contribution in [0, 0.1) is 0 Å². The summed E-state index contributed by atoms with van der Waals surface area (Å²) in [5, 5.41) is 1.97. The first-order valence-corrected chi connectivity index (χ1v) is 5.95. The van der Waals surface area contributed by atoms with E-state index in [1.807, 2.05) is 22.2 Å². The van der Waals surface area contributed by atoms with Gasteiger partial charge in [-0.3, -0.25) is 0 Å². The summed E-state index contributed by atoms with van der Waals surface area (Å²) in [7, 11) is 0. The number of nitrogens with zero attached hydrogens (tertiary/aromatic N) is 2. The zero-order chi connectivity index (χ0) is 11.4. The van der Waals surface area contributed by atoms with Gasteiger partial charge in [-0.05, 0) is 19.1 Å². The van der Waals surface area contributed by atoms with Gasteiger partial charge >= 0.3 is 5.97 Å². The summed E-state index contributed by atoms with van der Waals surface area (Å²) in [5.74, 6) is -0.289. The maximum atomic E-state index is 11.6. The molecule has 0 N–H and O–H groups in total. The molecule has 2 heterocycles. The molecule has 0 spiro atoms. The van der Waals surface area contributed by atoms with E-state index in [1.165, 1.54) is 0 Å². The van der Waals surface area contributed by atoms with Crippen molar-refractivity contribution in [1.29, 1.82) is 0 Å². The van der Waals surface area contributed by atoms with Crippen molar-refractivity contribution in [3.8, 4) is 0 Å². The summed E-state index contributed by atoms with van der Waals surface area (Å²) in [6, 6.07) is 3.59. The molecule has 0 bridgehead atoms. The lowest BCUT2D eigenvalue weighted by atomic mass is 10.4. The van der Waals surface area contributed by atoms with Crippen LogP contribution in [-0.2, 0) is 11.3 Å². The molecule has 0 saturated carbocycles. The Morgan fingerprint density at radius 2 is 2.50 bits per heavy atom. The van der Waals surface area contributed by atoms with Crippen LogP contribution in [0.1, 0.15) is 23.1 Å². The van der Waals surface area contributed by atoms with E-state index < -0.39 is 0 Å². The van der Waals surface area contributed by atoms with Crippen LogP contribution < -0.4 is 0 Å². The second-order valence-corrected chi connectivity index (χ2v) is 3.94. The topological polar surface area (TPSA) is 44.1 Å². The van der Waals surface area contributed by atoms with Crippen molar-refractivity contribution in [2.45, 2.75) is 13.5 Å². The molecule has 0 aliphatic rings. The van der Waals surface area contributed by atoms with Gasteiger partial charge in [0.2, 0.25) is 0 Å². The molecule has 0 saturated heterocycles. The van der Waals surface area contributed by atoms with Gasteiger partial charge in [-0.1, -0.05) is 0 Å². The fraction of sp³-hybridized carbons (Fsp3) is 0.273. The molecule has 4 nitrogen and oxygen atoms in total. The maximum absolute atomic E-state index is 11.6. The van der Waals surface area contributed by atoms with Gasteiger partial charge in [0.25, 0.3) is 0 Å². The fourth-order valence-corrected chi connectivity index (χ4v) is 1.98. The molecule has 0 atom stereocenters. The standard InChI is InChI=1S/C11H12N2O2S/c1-2-15-11(14)10-4-3-5-13(10)6-9-7-16-8-12-9/h3-5,7-8H,2,6H2,1H3. The molecule has 0 aromatic carbocycles. The number of aromatic nitrogens is 2. The highest BCUT2D eigenvalue weighted by atomic mass is 32.1. The number of carbonyl (C=O) groups excluding carboxylic acids is 1. The van der Waals surface area contributed by atoms with Crippen molar-refractivity contribution in [2.24, 2.45) is 0 Å². The van der Waals surface area contributed by atoms with E-state index in [1.54, 1.807) is 29.8 Å². The minimum absolute atomic E-state index is 0.289. The Morgan fingerprint density at radius 1 is 1.62 bits per heavy atom. The van der Waals surface area contributed by atoms with Crippen LogP contribution in [0.3, 0.4) is 0 Å². The van der Waals surface area contributed by atoms with Gasteiger partial charge in [-0.25, -0.2) is 9.78 Å². The minimum atomic E-state index is -0.289. The van der Waals surface area contributed by atoms with Gasteiger partial charge in [-0.15, -0.1) is 11.3 Å². The largest absolute Gasteiger partial charge is 0.461 e. The maximum Gasteiger partial charge on any atom is 0.354 e. The number of esters is 1. The number of ether oxygens (including phenoxy) is 1. The zero-order valence-electron chi connectivity index (χ0n) is 8.92. The summed E-state index contributed by atoms with van der Waals surface area (Å²) < 4.78 is 6.81.